The molecule has 0 saturated carbocycles. The molecule has 0 bridgehead atoms. The van der Waals surface area contributed by atoms with Gasteiger partial charge < -0.3 is 6.15 Å². The molecule has 0 aliphatic carbocycles. The van der Waals surface area contributed by atoms with Crippen LogP contribution in [0.2, 0.25) is 0 Å². The zero-order chi connectivity index (χ0) is 20.1. The zero-order valence-corrected chi connectivity index (χ0v) is 15.6. The first-order valence-corrected chi connectivity index (χ1v) is 10.1. The van der Waals surface area contributed by atoms with Gasteiger partial charge in [-0.3, -0.25) is 0 Å². The SMILES string of the molecule is C.N.N#Cc1ccc(F)c(S(=O)(=O)Cl)c1.N#Cc1ccc(F)c(S(N)(=O)=O)c1. The van der Waals surface area contributed by atoms with E-state index in [2.05, 4.69) is 0 Å². The molecule has 8 nitrogen and oxygen atoms in total. The number of nitrogens with two attached hydrogens (primary N) is 1. The normalized spacial score (nSPS) is 10.1. The standard InChI is InChI=1S/C7H3ClFNO2S.C7H5FN2O2S.CH4.H3N/c8-13(11,12)7-3-5(4-10)1-2-6(7)9;8-6-2-1-5(4-9)3-7(6)13(10,11)12;;/h1-3H;1-3H,(H2,10,11,12);1H4;1H3. The molecule has 2 rings (SSSR count). The van der Waals surface area contributed by atoms with Gasteiger partial charge in [0.25, 0.3) is 9.05 Å². The van der Waals surface area contributed by atoms with Crippen LogP contribution in [0.4, 0.5) is 8.78 Å². The van der Waals surface area contributed by atoms with Gasteiger partial charge in [0.05, 0.1) is 23.3 Å². The summed E-state index contributed by atoms with van der Waals surface area (Å²) in [5.41, 5.74) is 0.0889. The molecule has 5 N–H and O–H groups in total. The van der Waals surface area contributed by atoms with E-state index in [9.17, 15) is 25.6 Å². The van der Waals surface area contributed by atoms with Crippen LogP contribution in [0.25, 0.3) is 0 Å². The molecule has 0 amide bonds. The van der Waals surface area contributed by atoms with Crippen molar-refractivity contribution < 1.29 is 25.6 Å². The van der Waals surface area contributed by atoms with Crippen molar-refractivity contribution in [3.05, 3.63) is 59.2 Å². The summed E-state index contributed by atoms with van der Waals surface area (Å²) in [6.07, 6.45) is 0. The number of rotatable bonds is 2. The average molecular weight is 453 g/mol. The summed E-state index contributed by atoms with van der Waals surface area (Å²) in [7, 11) is -3.30. The van der Waals surface area contributed by atoms with Crippen molar-refractivity contribution in [1.29, 1.82) is 10.5 Å². The minimum Gasteiger partial charge on any atom is -0.344 e. The predicted molar refractivity (Wildman–Crippen MR) is 98.4 cm³/mol. The van der Waals surface area contributed by atoms with Crippen molar-refractivity contribution in [2.24, 2.45) is 5.14 Å². The lowest BCUT2D eigenvalue weighted by Gasteiger charge is -1.99. The number of nitriles is 2. The summed E-state index contributed by atoms with van der Waals surface area (Å²) in [5, 5.41) is 21.5. The second-order valence-corrected chi connectivity index (χ2v) is 8.56. The van der Waals surface area contributed by atoms with Crippen LogP contribution in [0.3, 0.4) is 0 Å². The van der Waals surface area contributed by atoms with Gasteiger partial charge in [0, 0.05) is 10.7 Å². The molecule has 0 radical (unpaired) electrons. The smallest absolute Gasteiger partial charge is 0.264 e. The highest BCUT2D eigenvalue weighted by atomic mass is 35.7. The van der Waals surface area contributed by atoms with Crippen LogP contribution in [0, 0.1) is 34.3 Å². The monoisotopic (exact) mass is 452 g/mol. The first-order valence-electron chi connectivity index (χ1n) is 6.27. The molecule has 152 valence electrons. The van der Waals surface area contributed by atoms with Crippen molar-refractivity contribution in [2.75, 3.05) is 0 Å². The van der Waals surface area contributed by atoms with Crippen molar-refractivity contribution in [3.8, 4) is 12.1 Å². The van der Waals surface area contributed by atoms with E-state index in [1.807, 2.05) is 0 Å². The number of halogens is 3. The van der Waals surface area contributed by atoms with Crippen LogP contribution in [0.5, 0.6) is 0 Å². The Bertz CT molecular complexity index is 1050. The molecule has 0 fully saturated rings. The fourth-order valence-corrected chi connectivity index (χ4v) is 3.11. The molecule has 13 heteroatoms. The van der Waals surface area contributed by atoms with E-state index in [1.165, 1.54) is 12.1 Å². The second kappa shape index (κ2) is 10.7. The Kier molecular flexibility index (Phi) is 10.5. The lowest BCUT2D eigenvalue weighted by Crippen LogP contribution is -2.14. The third-order valence-corrected chi connectivity index (χ3v) is 4.95. The summed E-state index contributed by atoms with van der Waals surface area (Å²) in [6.45, 7) is 0. The van der Waals surface area contributed by atoms with Gasteiger partial charge in [-0.2, -0.15) is 10.5 Å². The Morgan fingerprint density at radius 2 is 1.21 bits per heavy atom. The van der Waals surface area contributed by atoms with E-state index in [4.69, 9.17) is 26.3 Å². The van der Waals surface area contributed by atoms with Gasteiger partial charge in [-0.1, -0.05) is 7.43 Å². The number of sulfonamides is 1. The maximum Gasteiger partial charge on any atom is 0.264 e. The van der Waals surface area contributed by atoms with E-state index in [0.717, 1.165) is 24.3 Å². The van der Waals surface area contributed by atoms with Crippen LogP contribution in [0.1, 0.15) is 18.6 Å². The van der Waals surface area contributed by atoms with Gasteiger partial charge in [-0.05, 0) is 36.4 Å². The van der Waals surface area contributed by atoms with Crippen LogP contribution in [-0.4, -0.2) is 16.8 Å². The Morgan fingerprint density at radius 1 is 0.857 bits per heavy atom. The second-order valence-electron chi connectivity index (χ2n) is 4.50. The summed E-state index contributed by atoms with van der Waals surface area (Å²) >= 11 is 0. The summed E-state index contributed by atoms with van der Waals surface area (Å²) in [5.74, 6) is -1.92. The quantitative estimate of drug-likeness (QED) is 0.657. The average Bonchev–Trinajstić information content (AvgIpc) is 2.54. The highest BCUT2D eigenvalue weighted by Crippen LogP contribution is 2.19. The summed E-state index contributed by atoms with van der Waals surface area (Å²) in [4.78, 5) is -1.33. The molecule has 0 spiro atoms. The summed E-state index contributed by atoms with van der Waals surface area (Å²) in [6, 6.07) is 9.25. The third-order valence-electron chi connectivity index (χ3n) is 2.69. The van der Waals surface area contributed by atoms with Crippen molar-refractivity contribution in [3.63, 3.8) is 0 Å². The van der Waals surface area contributed by atoms with E-state index in [1.54, 1.807) is 12.1 Å². The highest BCUT2D eigenvalue weighted by molar-refractivity contribution is 8.13. The van der Waals surface area contributed by atoms with Crippen molar-refractivity contribution in [1.82, 2.24) is 6.15 Å². The van der Waals surface area contributed by atoms with E-state index >= 15 is 0 Å². The minimum absolute atomic E-state index is 0. The first kappa shape index (κ1) is 27.6. The number of nitrogens with zero attached hydrogens (tertiary/aromatic N) is 2. The first-order chi connectivity index (χ1) is 11.9. The van der Waals surface area contributed by atoms with Gasteiger partial charge in [0.1, 0.15) is 21.4 Å². The molecular weight excluding hydrogens is 438 g/mol. The molecule has 0 atom stereocenters. The lowest BCUT2D eigenvalue weighted by molar-refractivity contribution is 0.567. The van der Waals surface area contributed by atoms with Crippen LogP contribution in [0.15, 0.2) is 46.2 Å². The Balaban J connectivity index is 0. The molecule has 2 aromatic carbocycles. The van der Waals surface area contributed by atoms with Crippen molar-refractivity contribution >= 4 is 29.8 Å². The summed E-state index contributed by atoms with van der Waals surface area (Å²) < 4.78 is 68.6. The Hall–Kier alpha value is -2.61. The number of hydrogen-bond acceptors (Lipinski definition) is 7. The maximum absolute atomic E-state index is 12.8. The molecule has 2 aromatic rings. The number of primary sulfonamides is 1. The van der Waals surface area contributed by atoms with E-state index in [0.29, 0.717) is 0 Å². The van der Waals surface area contributed by atoms with Crippen LogP contribution in [-0.2, 0) is 19.1 Å². The lowest BCUT2D eigenvalue weighted by atomic mass is 10.2. The Morgan fingerprint density at radius 3 is 1.54 bits per heavy atom. The predicted octanol–water partition coefficient (Wildman–Crippen LogP) is 2.77. The molecule has 0 saturated heterocycles. The van der Waals surface area contributed by atoms with Gasteiger partial charge in [-0.15, -0.1) is 0 Å². The molecule has 0 heterocycles. The molecule has 0 unspecified atom stereocenters. The van der Waals surface area contributed by atoms with Gasteiger partial charge in [0.15, 0.2) is 0 Å². The highest BCUT2D eigenvalue weighted by Gasteiger charge is 2.16. The minimum atomic E-state index is -4.12. The number of benzene rings is 2. The van der Waals surface area contributed by atoms with E-state index in [-0.39, 0.29) is 24.7 Å². The number of hydrogen-bond donors (Lipinski definition) is 2. The fourth-order valence-electron chi connectivity index (χ4n) is 1.55. The van der Waals surface area contributed by atoms with Crippen LogP contribution < -0.4 is 11.3 Å². The molecule has 28 heavy (non-hydrogen) atoms. The maximum atomic E-state index is 12.8. The topological polar surface area (TPSA) is 177 Å². The van der Waals surface area contributed by atoms with Gasteiger partial charge in [-0.25, -0.2) is 30.8 Å². The van der Waals surface area contributed by atoms with Gasteiger partial charge >= 0.3 is 0 Å². The Labute approximate surface area is 165 Å². The van der Waals surface area contributed by atoms with Gasteiger partial charge in [0.2, 0.25) is 10.0 Å². The fraction of sp³-hybridized carbons (Fsp3) is 0.0667. The zero-order valence-electron chi connectivity index (χ0n) is 13.2. The molecular formula is C15H15ClF2N4O4S2. The molecule has 0 aliphatic heterocycles. The van der Waals surface area contributed by atoms with Crippen LogP contribution >= 0.6 is 10.7 Å². The third kappa shape index (κ3) is 7.56. The largest absolute Gasteiger partial charge is 0.344 e. The van der Waals surface area contributed by atoms with Crippen molar-refractivity contribution in [2.45, 2.75) is 17.2 Å². The van der Waals surface area contributed by atoms with E-state index < -0.39 is 40.5 Å². The molecule has 0 aromatic heterocycles. The molecule has 0 aliphatic rings.